The molecule has 6 heteroatoms. The Bertz CT molecular complexity index is 446. The molecule has 1 N–H and O–H groups in total. The Balaban J connectivity index is 1.97. The van der Waals surface area contributed by atoms with Crippen molar-refractivity contribution in [3.05, 3.63) is 17.0 Å². The first-order chi connectivity index (χ1) is 7.58. The third kappa shape index (κ3) is 2.82. The highest BCUT2D eigenvalue weighted by atomic mass is 32.2. The molecule has 0 aliphatic carbocycles. The predicted octanol–water partition coefficient (Wildman–Crippen LogP) is 1.51. The molecule has 2 rings (SSSR count). The van der Waals surface area contributed by atoms with Gasteiger partial charge in [0.15, 0.2) is 0 Å². The van der Waals surface area contributed by atoms with Crippen molar-refractivity contribution < 1.29 is 13.2 Å². The van der Waals surface area contributed by atoms with Crippen LogP contribution in [0.3, 0.4) is 0 Å². The summed E-state index contributed by atoms with van der Waals surface area (Å²) in [4.78, 5) is 0.998. The van der Waals surface area contributed by atoms with Crippen LogP contribution < -0.4 is 4.72 Å². The van der Waals surface area contributed by atoms with Gasteiger partial charge in [0.2, 0.25) is 10.0 Å². The predicted molar refractivity (Wildman–Crippen MR) is 63.2 cm³/mol. The summed E-state index contributed by atoms with van der Waals surface area (Å²) >= 11 is 1.29. The Labute approximate surface area is 99.7 Å². The van der Waals surface area contributed by atoms with Crippen molar-refractivity contribution in [3.63, 3.8) is 0 Å². The molecule has 0 amide bonds. The number of aryl methyl sites for hydroxylation is 1. The van der Waals surface area contributed by atoms with E-state index in [2.05, 4.69) is 4.72 Å². The first-order valence-electron chi connectivity index (χ1n) is 5.25. The van der Waals surface area contributed by atoms with Gasteiger partial charge in [0, 0.05) is 18.0 Å². The Morgan fingerprint density at radius 1 is 1.56 bits per heavy atom. The fourth-order valence-electron chi connectivity index (χ4n) is 1.64. The highest BCUT2D eigenvalue weighted by molar-refractivity contribution is 7.91. The highest BCUT2D eigenvalue weighted by Crippen LogP contribution is 2.20. The quantitative estimate of drug-likeness (QED) is 0.894. The van der Waals surface area contributed by atoms with E-state index in [-0.39, 0.29) is 6.10 Å². The van der Waals surface area contributed by atoms with Crippen LogP contribution in [0, 0.1) is 6.92 Å². The first-order valence-corrected chi connectivity index (χ1v) is 7.55. The van der Waals surface area contributed by atoms with Crippen LogP contribution in [0.2, 0.25) is 0 Å². The molecule has 4 nitrogen and oxygen atoms in total. The summed E-state index contributed by atoms with van der Waals surface area (Å²) in [6, 6.07) is 3.45. The lowest BCUT2D eigenvalue weighted by molar-refractivity contribution is 0.114. The number of hydrogen-bond donors (Lipinski definition) is 1. The van der Waals surface area contributed by atoms with E-state index in [1.54, 1.807) is 6.07 Å². The Kier molecular flexibility index (Phi) is 3.63. The van der Waals surface area contributed by atoms with E-state index in [0.29, 0.717) is 10.8 Å². The number of rotatable bonds is 4. The minimum Gasteiger partial charge on any atom is -0.377 e. The minimum absolute atomic E-state index is 0.0378. The average Bonchev–Trinajstić information content (AvgIpc) is 2.85. The van der Waals surface area contributed by atoms with Gasteiger partial charge < -0.3 is 4.74 Å². The molecule has 1 saturated heterocycles. The molecule has 2 heterocycles. The van der Waals surface area contributed by atoms with Crippen LogP contribution in [0.4, 0.5) is 0 Å². The maximum atomic E-state index is 11.8. The maximum absolute atomic E-state index is 11.8. The van der Waals surface area contributed by atoms with Crippen molar-refractivity contribution in [2.75, 3.05) is 13.2 Å². The first kappa shape index (κ1) is 12.0. The zero-order valence-corrected chi connectivity index (χ0v) is 10.7. The lowest BCUT2D eigenvalue weighted by atomic mass is 10.2. The Morgan fingerprint density at radius 3 is 2.94 bits per heavy atom. The fourth-order valence-corrected chi connectivity index (χ4v) is 4.03. The molecule has 1 aliphatic heterocycles. The summed E-state index contributed by atoms with van der Waals surface area (Å²) < 4.78 is 32.0. The van der Waals surface area contributed by atoms with Crippen LogP contribution >= 0.6 is 11.3 Å². The molecule has 1 aliphatic rings. The van der Waals surface area contributed by atoms with E-state index in [4.69, 9.17) is 4.74 Å². The fraction of sp³-hybridized carbons (Fsp3) is 0.600. The topological polar surface area (TPSA) is 55.4 Å². The standard InChI is InChI=1S/C10H15NO3S2/c1-8-4-5-10(15-8)16(12,13)11-7-9-3-2-6-14-9/h4-5,9,11H,2-3,6-7H2,1H3. The Morgan fingerprint density at radius 2 is 2.38 bits per heavy atom. The molecule has 16 heavy (non-hydrogen) atoms. The zero-order valence-electron chi connectivity index (χ0n) is 9.10. The van der Waals surface area contributed by atoms with Crippen LogP contribution in [0.25, 0.3) is 0 Å². The molecule has 0 spiro atoms. The van der Waals surface area contributed by atoms with Crippen molar-refractivity contribution in [3.8, 4) is 0 Å². The number of nitrogens with one attached hydrogen (secondary N) is 1. The van der Waals surface area contributed by atoms with Crippen molar-refractivity contribution in [2.45, 2.75) is 30.1 Å². The average molecular weight is 261 g/mol. The molecule has 0 radical (unpaired) electrons. The van der Waals surface area contributed by atoms with Crippen molar-refractivity contribution >= 4 is 21.4 Å². The van der Waals surface area contributed by atoms with Gasteiger partial charge in [0.05, 0.1) is 6.10 Å². The van der Waals surface area contributed by atoms with E-state index in [9.17, 15) is 8.42 Å². The van der Waals surface area contributed by atoms with Gasteiger partial charge in [-0.1, -0.05) is 0 Å². The highest BCUT2D eigenvalue weighted by Gasteiger charge is 2.20. The summed E-state index contributed by atoms with van der Waals surface area (Å²) in [5, 5.41) is 0. The molecule has 1 atom stereocenters. The SMILES string of the molecule is Cc1ccc(S(=O)(=O)NCC2CCCO2)s1. The van der Waals surface area contributed by atoms with Crippen molar-refractivity contribution in [2.24, 2.45) is 0 Å². The van der Waals surface area contributed by atoms with E-state index in [1.807, 2.05) is 13.0 Å². The number of sulfonamides is 1. The van der Waals surface area contributed by atoms with Gasteiger partial charge in [0.25, 0.3) is 0 Å². The largest absolute Gasteiger partial charge is 0.377 e. The van der Waals surface area contributed by atoms with Crippen LogP contribution in [-0.4, -0.2) is 27.7 Å². The second kappa shape index (κ2) is 4.83. The van der Waals surface area contributed by atoms with Gasteiger partial charge in [0.1, 0.15) is 4.21 Å². The normalized spacial score (nSPS) is 21.4. The smallest absolute Gasteiger partial charge is 0.250 e. The molecule has 0 bridgehead atoms. The zero-order chi connectivity index (χ0) is 11.6. The molecule has 0 saturated carbocycles. The van der Waals surface area contributed by atoms with Gasteiger partial charge >= 0.3 is 0 Å². The number of hydrogen-bond acceptors (Lipinski definition) is 4. The van der Waals surface area contributed by atoms with Crippen LogP contribution in [0.5, 0.6) is 0 Å². The van der Waals surface area contributed by atoms with Gasteiger partial charge in [-0.05, 0) is 31.9 Å². The van der Waals surface area contributed by atoms with E-state index < -0.39 is 10.0 Å². The van der Waals surface area contributed by atoms with Gasteiger partial charge in [-0.25, -0.2) is 13.1 Å². The summed E-state index contributed by atoms with van der Waals surface area (Å²) in [6.45, 7) is 3.01. The lowest BCUT2D eigenvalue weighted by Crippen LogP contribution is -2.31. The molecule has 1 fully saturated rings. The summed E-state index contributed by atoms with van der Waals surface area (Å²) in [5.74, 6) is 0. The van der Waals surface area contributed by atoms with Crippen molar-refractivity contribution in [1.29, 1.82) is 0 Å². The monoisotopic (exact) mass is 261 g/mol. The van der Waals surface area contributed by atoms with E-state index in [1.165, 1.54) is 11.3 Å². The maximum Gasteiger partial charge on any atom is 0.250 e. The van der Waals surface area contributed by atoms with Gasteiger partial charge in [-0.2, -0.15) is 0 Å². The summed E-state index contributed by atoms with van der Waals surface area (Å²) in [5.41, 5.74) is 0. The summed E-state index contributed by atoms with van der Waals surface area (Å²) in [6.07, 6.45) is 1.99. The van der Waals surface area contributed by atoms with Gasteiger partial charge in [-0.3, -0.25) is 0 Å². The second-order valence-corrected chi connectivity index (χ2v) is 7.13. The minimum atomic E-state index is -3.34. The third-order valence-electron chi connectivity index (χ3n) is 2.51. The molecular formula is C10H15NO3S2. The van der Waals surface area contributed by atoms with Crippen molar-refractivity contribution in [1.82, 2.24) is 4.72 Å². The Hall–Kier alpha value is -0.430. The molecular weight excluding hydrogens is 246 g/mol. The number of thiophene rings is 1. The van der Waals surface area contributed by atoms with Crippen LogP contribution in [0.15, 0.2) is 16.3 Å². The van der Waals surface area contributed by atoms with Crippen LogP contribution in [0.1, 0.15) is 17.7 Å². The molecule has 0 aromatic carbocycles. The van der Waals surface area contributed by atoms with Crippen LogP contribution in [-0.2, 0) is 14.8 Å². The van der Waals surface area contributed by atoms with Gasteiger partial charge in [-0.15, -0.1) is 11.3 Å². The van der Waals surface area contributed by atoms with E-state index >= 15 is 0 Å². The summed E-state index contributed by atoms with van der Waals surface area (Å²) in [7, 11) is -3.34. The third-order valence-corrected chi connectivity index (χ3v) is 5.42. The molecule has 90 valence electrons. The number of ether oxygens (including phenoxy) is 1. The van der Waals surface area contributed by atoms with E-state index in [0.717, 1.165) is 24.3 Å². The lowest BCUT2D eigenvalue weighted by Gasteiger charge is -2.10. The second-order valence-electron chi connectivity index (χ2n) is 3.85. The molecule has 1 aromatic rings. The molecule has 1 aromatic heterocycles. The molecule has 1 unspecified atom stereocenters.